The van der Waals surface area contributed by atoms with E-state index >= 15 is 0 Å². The van der Waals surface area contributed by atoms with Crippen LogP contribution in [0.15, 0.2) is 12.1 Å². The third-order valence-electron chi connectivity index (χ3n) is 4.09. The van der Waals surface area contributed by atoms with Gasteiger partial charge in [-0.3, -0.25) is 0 Å². The fourth-order valence-electron chi connectivity index (χ4n) is 2.92. The van der Waals surface area contributed by atoms with Crippen molar-refractivity contribution in [2.75, 3.05) is 7.11 Å². The van der Waals surface area contributed by atoms with Gasteiger partial charge in [0.25, 0.3) is 0 Å². The Morgan fingerprint density at radius 3 is 2.46 bits per heavy atom. The summed E-state index contributed by atoms with van der Waals surface area (Å²) in [5, 5.41) is 9.32. The summed E-state index contributed by atoms with van der Waals surface area (Å²) in [4.78, 5) is 25.6. The molecule has 1 aliphatic rings. The Kier molecular flexibility index (Phi) is 5.06. The number of carboxylic acid groups (broad SMARTS) is 1. The van der Waals surface area contributed by atoms with Gasteiger partial charge in [-0.25, -0.2) is 9.59 Å². The van der Waals surface area contributed by atoms with Crippen LogP contribution in [0, 0.1) is 0 Å². The topological polar surface area (TPSA) is 76.1 Å². The average Bonchev–Trinajstić information content (AvgIpc) is 2.50. The number of rotatable bonds is 3. The van der Waals surface area contributed by atoms with Crippen molar-refractivity contribution in [3.8, 4) is 5.75 Å². The Hall–Kier alpha value is -2.24. The first-order valence-electron chi connectivity index (χ1n) is 8.09. The van der Waals surface area contributed by atoms with E-state index in [2.05, 4.69) is 0 Å². The summed E-state index contributed by atoms with van der Waals surface area (Å²) in [5.74, 6) is -0.711. The number of fused-ring (bicyclic) bond motifs is 1. The first-order valence-corrected chi connectivity index (χ1v) is 8.09. The molecule has 0 radical (unpaired) electrons. The zero-order valence-electron chi connectivity index (χ0n) is 14.9. The monoisotopic (exact) mass is 335 g/mol. The number of hydrogen-bond donors (Lipinski definition) is 1. The van der Waals surface area contributed by atoms with Crippen LogP contribution in [0.25, 0.3) is 0 Å². The molecule has 0 fully saturated rings. The molecule has 1 aliphatic heterocycles. The minimum absolute atomic E-state index is 0.0117. The molecule has 24 heavy (non-hydrogen) atoms. The van der Waals surface area contributed by atoms with E-state index in [9.17, 15) is 14.7 Å². The summed E-state index contributed by atoms with van der Waals surface area (Å²) in [6.07, 6.45) is 1.03. The molecular formula is C18H25NO5. The largest absolute Gasteiger partial charge is 0.496 e. The summed E-state index contributed by atoms with van der Waals surface area (Å²) in [7, 11) is 1.44. The third kappa shape index (κ3) is 3.80. The second-order valence-electron chi connectivity index (χ2n) is 7.00. The number of ether oxygens (including phenoxy) is 2. The van der Waals surface area contributed by atoms with Crippen molar-refractivity contribution in [3.05, 3.63) is 28.8 Å². The Morgan fingerprint density at radius 1 is 1.29 bits per heavy atom. The van der Waals surface area contributed by atoms with Crippen LogP contribution in [0.4, 0.5) is 4.79 Å². The van der Waals surface area contributed by atoms with Gasteiger partial charge in [-0.15, -0.1) is 0 Å². The molecule has 1 atom stereocenters. The van der Waals surface area contributed by atoms with Crippen molar-refractivity contribution in [1.82, 2.24) is 4.90 Å². The minimum atomic E-state index is -1.02. The Labute approximate surface area is 142 Å². The van der Waals surface area contributed by atoms with Gasteiger partial charge in [0.2, 0.25) is 0 Å². The molecule has 6 nitrogen and oxygen atoms in total. The zero-order valence-corrected chi connectivity index (χ0v) is 14.9. The molecule has 1 amide bonds. The number of nitrogens with zero attached hydrogens (tertiary/aromatic N) is 1. The van der Waals surface area contributed by atoms with E-state index < -0.39 is 11.6 Å². The number of benzene rings is 1. The van der Waals surface area contributed by atoms with E-state index in [0.717, 1.165) is 17.5 Å². The van der Waals surface area contributed by atoms with Gasteiger partial charge in [0, 0.05) is 12.6 Å². The maximum atomic E-state index is 12.5. The van der Waals surface area contributed by atoms with Gasteiger partial charge in [0.1, 0.15) is 16.9 Å². The lowest BCUT2D eigenvalue weighted by atomic mass is 9.91. The van der Waals surface area contributed by atoms with Gasteiger partial charge in [0.05, 0.1) is 7.11 Å². The Morgan fingerprint density at radius 2 is 1.96 bits per heavy atom. The number of hydrogen-bond acceptors (Lipinski definition) is 4. The standard InChI is InChI=1S/C18H25NO5/c1-6-13-7-11-8-14(16(20)21)15(23-5)9-12(11)10-19(13)17(22)24-18(2,3)4/h8-9,13H,6-7,10H2,1-5H3,(H,20,21). The molecule has 0 saturated carbocycles. The van der Waals surface area contributed by atoms with Crippen molar-refractivity contribution >= 4 is 12.1 Å². The van der Waals surface area contributed by atoms with Gasteiger partial charge < -0.3 is 19.5 Å². The van der Waals surface area contributed by atoms with Crippen LogP contribution in [0.2, 0.25) is 0 Å². The molecule has 1 N–H and O–H groups in total. The quantitative estimate of drug-likeness (QED) is 0.915. The van der Waals surface area contributed by atoms with Gasteiger partial charge in [0.15, 0.2) is 0 Å². The molecule has 0 bridgehead atoms. The number of amides is 1. The second kappa shape index (κ2) is 6.71. The fraction of sp³-hybridized carbons (Fsp3) is 0.556. The summed E-state index contributed by atoms with van der Waals surface area (Å²) in [6, 6.07) is 3.36. The molecule has 6 heteroatoms. The first kappa shape index (κ1) is 18.1. The lowest BCUT2D eigenvalue weighted by molar-refractivity contribution is 0.0114. The van der Waals surface area contributed by atoms with Gasteiger partial charge in [-0.2, -0.15) is 0 Å². The maximum absolute atomic E-state index is 12.5. The molecule has 0 spiro atoms. The molecule has 0 saturated heterocycles. The third-order valence-corrected chi connectivity index (χ3v) is 4.09. The highest BCUT2D eigenvalue weighted by atomic mass is 16.6. The summed E-state index contributed by atoms with van der Waals surface area (Å²) < 4.78 is 10.7. The van der Waals surface area contributed by atoms with Crippen LogP contribution in [-0.4, -0.2) is 40.8 Å². The molecule has 2 rings (SSSR count). The summed E-state index contributed by atoms with van der Waals surface area (Å²) in [6.45, 7) is 7.91. The van der Waals surface area contributed by atoms with Crippen LogP contribution in [0.3, 0.4) is 0 Å². The van der Waals surface area contributed by atoms with Crippen LogP contribution < -0.4 is 4.74 Å². The van der Waals surface area contributed by atoms with Crippen molar-refractivity contribution < 1.29 is 24.2 Å². The van der Waals surface area contributed by atoms with Crippen LogP contribution in [-0.2, 0) is 17.7 Å². The molecule has 1 heterocycles. The predicted octanol–water partition coefficient (Wildman–Crippen LogP) is 3.47. The predicted molar refractivity (Wildman–Crippen MR) is 89.5 cm³/mol. The second-order valence-corrected chi connectivity index (χ2v) is 7.00. The summed E-state index contributed by atoms with van der Waals surface area (Å²) >= 11 is 0. The lowest BCUT2D eigenvalue weighted by Gasteiger charge is -2.37. The van der Waals surface area contributed by atoms with Crippen LogP contribution >= 0.6 is 0 Å². The maximum Gasteiger partial charge on any atom is 0.410 e. The van der Waals surface area contributed by atoms with Gasteiger partial charge in [-0.1, -0.05) is 6.92 Å². The molecular weight excluding hydrogens is 310 g/mol. The molecule has 0 aromatic heterocycles. The average molecular weight is 335 g/mol. The minimum Gasteiger partial charge on any atom is -0.496 e. The van der Waals surface area contributed by atoms with Gasteiger partial charge >= 0.3 is 12.1 Å². The van der Waals surface area contributed by atoms with E-state index in [0.29, 0.717) is 18.7 Å². The van der Waals surface area contributed by atoms with E-state index in [4.69, 9.17) is 9.47 Å². The zero-order chi connectivity index (χ0) is 18.1. The first-order chi connectivity index (χ1) is 11.2. The number of aromatic carboxylic acids is 1. The number of carbonyl (C=O) groups excluding carboxylic acids is 1. The number of carboxylic acids is 1. The van der Waals surface area contributed by atoms with Crippen molar-refractivity contribution in [2.45, 2.75) is 58.7 Å². The van der Waals surface area contributed by atoms with Crippen molar-refractivity contribution in [2.24, 2.45) is 0 Å². The lowest BCUT2D eigenvalue weighted by Crippen LogP contribution is -2.46. The highest BCUT2D eigenvalue weighted by molar-refractivity contribution is 5.91. The van der Waals surface area contributed by atoms with Crippen molar-refractivity contribution in [1.29, 1.82) is 0 Å². The van der Waals surface area contributed by atoms with Crippen LogP contribution in [0.1, 0.15) is 55.6 Å². The summed E-state index contributed by atoms with van der Waals surface area (Å²) in [5.41, 5.74) is 1.43. The normalized spacial score (nSPS) is 17.2. The highest BCUT2D eigenvalue weighted by Crippen LogP contribution is 2.32. The Bertz CT molecular complexity index is 648. The molecule has 1 aromatic rings. The number of carbonyl (C=O) groups is 2. The molecule has 1 aromatic carbocycles. The molecule has 132 valence electrons. The van der Waals surface area contributed by atoms with Crippen LogP contribution in [0.5, 0.6) is 5.75 Å². The van der Waals surface area contributed by atoms with E-state index in [1.807, 2.05) is 27.7 Å². The smallest absolute Gasteiger partial charge is 0.410 e. The van der Waals surface area contributed by atoms with Gasteiger partial charge in [-0.05, 0) is 56.9 Å². The van der Waals surface area contributed by atoms with Crippen molar-refractivity contribution in [3.63, 3.8) is 0 Å². The van der Waals surface area contributed by atoms with E-state index in [-0.39, 0.29) is 17.7 Å². The highest BCUT2D eigenvalue weighted by Gasteiger charge is 2.33. The molecule has 1 unspecified atom stereocenters. The Balaban J connectivity index is 2.36. The van der Waals surface area contributed by atoms with E-state index in [1.54, 1.807) is 17.0 Å². The fourth-order valence-corrected chi connectivity index (χ4v) is 2.92. The SMILES string of the molecule is CCC1Cc2cc(C(=O)O)c(OC)cc2CN1C(=O)OC(C)(C)C. The van der Waals surface area contributed by atoms with E-state index in [1.165, 1.54) is 7.11 Å². The number of methoxy groups -OCH3 is 1. The molecule has 0 aliphatic carbocycles.